The molecule has 0 N–H and O–H groups in total. The van der Waals surface area contributed by atoms with E-state index in [1.165, 1.54) is 6.26 Å². The molecular formula is C16H22O7. The molecule has 0 spiro atoms. The normalized spacial score (nSPS) is 10.2. The SMILES string of the molecule is CCOC(=O)Cc1coc(CC(=O)OCC)c1CC(=O)OCC. The van der Waals surface area contributed by atoms with Gasteiger partial charge in [0.25, 0.3) is 0 Å². The van der Waals surface area contributed by atoms with Crippen LogP contribution in [0.2, 0.25) is 0 Å². The van der Waals surface area contributed by atoms with E-state index in [2.05, 4.69) is 0 Å². The van der Waals surface area contributed by atoms with Crippen molar-refractivity contribution in [3.8, 4) is 0 Å². The molecule has 0 aliphatic rings. The Bertz CT molecular complexity index is 507. The quantitative estimate of drug-likeness (QED) is 0.502. The fraction of sp³-hybridized carbons (Fsp3) is 0.562. The van der Waals surface area contributed by atoms with Crippen LogP contribution in [0.3, 0.4) is 0 Å². The Kier molecular flexibility index (Phi) is 7.87. The Morgan fingerprint density at radius 2 is 1.30 bits per heavy atom. The highest BCUT2D eigenvalue weighted by atomic mass is 16.5. The van der Waals surface area contributed by atoms with Gasteiger partial charge in [0.15, 0.2) is 0 Å². The van der Waals surface area contributed by atoms with Crippen molar-refractivity contribution >= 4 is 17.9 Å². The van der Waals surface area contributed by atoms with Gasteiger partial charge in [0.05, 0.1) is 38.9 Å². The van der Waals surface area contributed by atoms with Crippen LogP contribution in [0.15, 0.2) is 10.7 Å². The lowest BCUT2D eigenvalue weighted by Gasteiger charge is -2.06. The molecule has 0 saturated carbocycles. The van der Waals surface area contributed by atoms with Crippen molar-refractivity contribution in [2.75, 3.05) is 19.8 Å². The van der Waals surface area contributed by atoms with Gasteiger partial charge in [-0.3, -0.25) is 14.4 Å². The van der Waals surface area contributed by atoms with Crippen molar-refractivity contribution in [1.82, 2.24) is 0 Å². The van der Waals surface area contributed by atoms with Gasteiger partial charge in [0, 0.05) is 11.1 Å². The fourth-order valence-electron chi connectivity index (χ4n) is 2.04. The van der Waals surface area contributed by atoms with Crippen LogP contribution in [0, 0.1) is 0 Å². The zero-order valence-electron chi connectivity index (χ0n) is 13.7. The Morgan fingerprint density at radius 3 is 1.83 bits per heavy atom. The lowest BCUT2D eigenvalue weighted by Crippen LogP contribution is -2.14. The topological polar surface area (TPSA) is 92.0 Å². The van der Waals surface area contributed by atoms with E-state index in [4.69, 9.17) is 18.6 Å². The second kappa shape index (κ2) is 9.66. The molecule has 1 heterocycles. The van der Waals surface area contributed by atoms with Crippen molar-refractivity contribution in [3.63, 3.8) is 0 Å². The minimum atomic E-state index is -0.463. The number of hydrogen-bond donors (Lipinski definition) is 0. The number of hydrogen-bond acceptors (Lipinski definition) is 7. The van der Waals surface area contributed by atoms with Crippen LogP contribution in [-0.2, 0) is 47.9 Å². The molecule has 0 fully saturated rings. The molecule has 1 aromatic heterocycles. The average Bonchev–Trinajstić information content (AvgIpc) is 2.82. The molecule has 0 aromatic carbocycles. The molecule has 1 rings (SSSR count). The molecule has 7 nitrogen and oxygen atoms in total. The summed E-state index contributed by atoms with van der Waals surface area (Å²) in [5, 5.41) is 0. The molecule has 0 radical (unpaired) electrons. The maximum Gasteiger partial charge on any atom is 0.313 e. The lowest BCUT2D eigenvalue weighted by molar-refractivity contribution is -0.144. The van der Waals surface area contributed by atoms with Gasteiger partial charge in [-0.1, -0.05) is 0 Å². The second-order valence-electron chi connectivity index (χ2n) is 4.61. The van der Waals surface area contributed by atoms with Gasteiger partial charge in [0.1, 0.15) is 12.2 Å². The van der Waals surface area contributed by atoms with Crippen LogP contribution in [0.1, 0.15) is 37.7 Å². The van der Waals surface area contributed by atoms with E-state index >= 15 is 0 Å². The van der Waals surface area contributed by atoms with E-state index in [0.717, 1.165) is 0 Å². The third-order valence-electron chi connectivity index (χ3n) is 2.94. The molecule has 0 amide bonds. The van der Waals surface area contributed by atoms with E-state index in [0.29, 0.717) is 16.9 Å². The Labute approximate surface area is 134 Å². The summed E-state index contributed by atoms with van der Waals surface area (Å²) >= 11 is 0. The first kappa shape index (κ1) is 18.7. The first-order valence-electron chi connectivity index (χ1n) is 7.56. The summed E-state index contributed by atoms with van der Waals surface area (Å²) in [7, 11) is 0. The molecule has 0 saturated heterocycles. The van der Waals surface area contributed by atoms with Gasteiger partial charge in [-0.05, 0) is 20.8 Å². The molecule has 0 aliphatic carbocycles. The molecule has 0 aliphatic heterocycles. The fourth-order valence-corrected chi connectivity index (χ4v) is 2.04. The molecule has 7 heteroatoms. The first-order valence-corrected chi connectivity index (χ1v) is 7.56. The number of carbonyl (C=O) groups is 3. The maximum absolute atomic E-state index is 11.7. The van der Waals surface area contributed by atoms with E-state index in [1.807, 2.05) is 0 Å². The Morgan fingerprint density at radius 1 is 0.826 bits per heavy atom. The number of furan rings is 1. The molecule has 0 bridgehead atoms. The second-order valence-corrected chi connectivity index (χ2v) is 4.61. The van der Waals surface area contributed by atoms with Gasteiger partial charge in [-0.15, -0.1) is 0 Å². The van der Waals surface area contributed by atoms with E-state index in [9.17, 15) is 14.4 Å². The van der Waals surface area contributed by atoms with Crippen molar-refractivity contribution in [3.05, 3.63) is 23.2 Å². The molecule has 0 unspecified atom stereocenters. The third kappa shape index (κ3) is 6.14. The highest BCUT2D eigenvalue weighted by Gasteiger charge is 2.22. The molecule has 23 heavy (non-hydrogen) atoms. The smallest absolute Gasteiger partial charge is 0.313 e. The molecule has 128 valence electrons. The molecule has 0 atom stereocenters. The summed E-state index contributed by atoms with van der Waals surface area (Å²) in [5.74, 6) is -1.05. The summed E-state index contributed by atoms with van der Waals surface area (Å²) in [6, 6.07) is 0. The monoisotopic (exact) mass is 326 g/mol. The van der Waals surface area contributed by atoms with E-state index < -0.39 is 17.9 Å². The number of rotatable bonds is 9. The van der Waals surface area contributed by atoms with Crippen molar-refractivity contribution < 1.29 is 33.0 Å². The predicted molar refractivity (Wildman–Crippen MR) is 79.7 cm³/mol. The average molecular weight is 326 g/mol. The highest BCUT2D eigenvalue weighted by Crippen LogP contribution is 2.21. The largest absolute Gasteiger partial charge is 0.468 e. The van der Waals surface area contributed by atoms with Crippen molar-refractivity contribution in [2.24, 2.45) is 0 Å². The molecular weight excluding hydrogens is 304 g/mol. The summed E-state index contributed by atoms with van der Waals surface area (Å²) in [6.45, 7) is 5.87. The first-order chi connectivity index (χ1) is 11.0. The van der Waals surface area contributed by atoms with Crippen LogP contribution in [0.5, 0.6) is 0 Å². The number of esters is 3. The lowest BCUT2D eigenvalue weighted by atomic mass is 10.0. The summed E-state index contributed by atoms with van der Waals surface area (Å²) in [6.07, 6.45) is 1.15. The van der Waals surface area contributed by atoms with Crippen LogP contribution in [0.25, 0.3) is 0 Å². The predicted octanol–water partition coefficient (Wildman–Crippen LogP) is 1.60. The minimum absolute atomic E-state index is 0.0328. The minimum Gasteiger partial charge on any atom is -0.468 e. The number of ether oxygens (including phenoxy) is 3. The van der Waals surface area contributed by atoms with Crippen molar-refractivity contribution in [2.45, 2.75) is 40.0 Å². The maximum atomic E-state index is 11.7. The van der Waals surface area contributed by atoms with Gasteiger partial charge in [-0.2, -0.15) is 0 Å². The zero-order valence-corrected chi connectivity index (χ0v) is 13.7. The van der Waals surface area contributed by atoms with Crippen LogP contribution in [-0.4, -0.2) is 37.7 Å². The summed E-state index contributed by atoms with van der Waals surface area (Å²) in [4.78, 5) is 35.0. The van der Waals surface area contributed by atoms with Crippen LogP contribution >= 0.6 is 0 Å². The van der Waals surface area contributed by atoms with Gasteiger partial charge >= 0.3 is 17.9 Å². The van der Waals surface area contributed by atoms with Crippen molar-refractivity contribution in [1.29, 1.82) is 0 Å². The van der Waals surface area contributed by atoms with Gasteiger partial charge in [-0.25, -0.2) is 0 Å². The van der Waals surface area contributed by atoms with Gasteiger partial charge in [0.2, 0.25) is 0 Å². The summed E-state index contributed by atoms with van der Waals surface area (Å²) < 4.78 is 20.0. The van der Waals surface area contributed by atoms with E-state index in [1.54, 1.807) is 20.8 Å². The molecule has 1 aromatic rings. The zero-order chi connectivity index (χ0) is 17.2. The highest BCUT2D eigenvalue weighted by molar-refractivity contribution is 5.78. The van der Waals surface area contributed by atoms with Gasteiger partial charge < -0.3 is 18.6 Å². The van der Waals surface area contributed by atoms with Crippen LogP contribution in [0.4, 0.5) is 0 Å². The number of carbonyl (C=O) groups excluding carboxylic acids is 3. The third-order valence-corrected chi connectivity index (χ3v) is 2.94. The summed E-state index contributed by atoms with van der Waals surface area (Å²) in [5.41, 5.74) is 0.986. The van der Waals surface area contributed by atoms with E-state index in [-0.39, 0.29) is 39.1 Å². The standard InChI is InChI=1S/C16H22O7/c1-4-20-14(17)7-11-10-23-13(9-16(19)22-6-3)12(11)8-15(18)21-5-2/h10H,4-9H2,1-3H3. The Balaban J connectivity index is 2.95. The Hall–Kier alpha value is -2.31. The van der Waals surface area contributed by atoms with Crippen LogP contribution < -0.4 is 0 Å².